The number of phenolic OH excluding ortho intramolecular Hbond substituents is 1. The number of benzene rings is 1. The molecule has 0 saturated heterocycles. The largest absolute Gasteiger partial charge is 0.502 e. The number of phenols is 1. The number of aliphatic imine (C=N–C) groups is 1. The normalized spacial score (nSPS) is 11.0. The highest BCUT2D eigenvalue weighted by Gasteiger charge is 2.14. The van der Waals surface area contributed by atoms with Crippen LogP contribution < -0.4 is 20.1 Å². The molecule has 2 rings (SSSR count). The number of hydrogen-bond donors (Lipinski definition) is 3. The molecule has 1 heterocycles. The van der Waals surface area contributed by atoms with Gasteiger partial charge in [0.2, 0.25) is 5.75 Å². The smallest absolute Gasteiger partial charge is 0.200 e. The summed E-state index contributed by atoms with van der Waals surface area (Å²) in [6, 6.07) is 3.49. The Morgan fingerprint density at radius 2 is 1.76 bits per heavy atom. The second-order valence-corrected chi connectivity index (χ2v) is 6.14. The van der Waals surface area contributed by atoms with Gasteiger partial charge in [-0.2, -0.15) is 0 Å². The van der Waals surface area contributed by atoms with Gasteiger partial charge in [-0.25, -0.2) is 4.99 Å². The summed E-state index contributed by atoms with van der Waals surface area (Å²) >= 11 is 0. The Kier molecular flexibility index (Phi) is 10.6. The van der Waals surface area contributed by atoms with E-state index in [1.807, 2.05) is 13.8 Å². The molecule has 0 bridgehead atoms. The predicted molar refractivity (Wildman–Crippen MR) is 124 cm³/mol. The van der Waals surface area contributed by atoms with Gasteiger partial charge < -0.3 is 29.7 Å². The number of halogens is 1. The zero-order valence-corrected chi connectivity index (χ0v) is 20.0. The van der Waals surface area contributed by atoms with E-state index < -0.39 is 0 Å². The van der Waals surface area contributed by atoms with E-state index in [-0.39, 0.29) is 29.7 Å². The van der Waals surface area contributed by atoms with Crippen molar-refractivity contribution in [1.29, 1.82) is 0 Å². The van der Waals surface area contributed by atoms with E-state index in [2.05, 4.69) is 27.7 Å². The Morgan fingerprint density at radius 1 is 1.10 bits per heavy atom. The maximum absolute atomic E-state index is 10.0. The number of nitrogens with one attached hydrogen (secondary N) is 2. The Bertz CT molecular complexity index is 761. The molecule has 8 nitrogen and oxygen atoms in total. The van der Waals surface area contributed by atoms with Crippen LogP contribution in [0.3, 0.4) is 0 Å². The fourth-order valence-electron chi connectivity index (χ4n) is 2.86. The van der Waals surface area contributed by atoms with Gasteiger partial charge in [-0.15, -0.1) is 24.0 Å². The molecule has 0 unspecified atom stereocenters. The van der Waals surface area contributed by atoms with Crippen molar-refractivity contribution in [3.63, 3.8) is 0 Å². The van der Waals surface area contributed by atoms with Gasteiger partial charge in [0.25, 0.3) is 0 Å². The van der Waals surface area contributed by atoms with Crippen molar-refractivity contribution in [3.8, 4) is 17.2 Å². The molecule has 0 aliphatic heterocycles. The van der Waals surface area contributed by atoms with Crippen LogP contribution in [0.2, 0.25) is 0 Å². The van der Waals surface area contributed by atoms with Crippen LogP contribution in [-0.4, -0.2) is 37.0 Å². The summed E-state index contributed by atoms with van der Waals surface area (Å²) in [5.74, 6) is 2.26. The highest BCUT2D eigenvalue weighted by molar-refractivity contribution is 14.0. The van der Waals surface area contributed by atoms with Gasteiger partial charge in [0.05, 0.1) is 26.5 Å². The molecule has 0 saturated carbocycles. The number of guanidine groups is 1. The molecule has 0 amide bonds. The SMILES string of the molecule is CCNC(=NCc1cc(OC)c(O)c(OC)c1)NCc1c(CC)noc1CC.I. The quantitative estimate of drug-likeness (QED) is 0.266. The third-order valence-electron chi connectivity index (χ3n) is 4.34. The minimum absolute atomic E-state index is 0. The molecular weight excluding hydrogens is 487 g/mol. The van der Waals surface area contributed by atoms with Crippen molar-refractivity contribution < 1.29 is 19.1 Å². The van der Waals surface area contributed by atoms with E-state index in [1.54, 1.807) is 12.1 Å². The van der Waals surface area contributed by atoms with Gasteiger partial charge in [0, 0.05) is 25.1 Å². The molecule has 0 aliphatic rings. The topological polar surface area (TPSA) is 101 Å². The fraction of sp³-hybridized carbons (Fsp3) is 0.500. The number of nitrogens with zero attached hydrogens (tertiary/aromatic N) is 2. The lowest BCUT2D eigenvalue weighted by atomic mass is 10.1. The Morgan fingerprint density at radius 3 is 2.28 bits per heavy atom. The van der Waals surface area contributed by atoms with Gasteiger partial charge in [-0.3, -0.25) is 0 Å². The summed E-state index contributed by atoms with van der Waals surface area (Å²) in [4.78, 5) is 4.63. The summed E-state index contributed by atoms with van der Waals surface area (Å²) < 4.78 is 15.8. The first-order chi connectivity index (χ1) is 13.6. The highest BCUT2D eigenvalue weighted by Crippen LogP contribution is 2.37. The summed E-state index contributed by atoms with van der Waals surface area (Å²) in [5.41, 5.74) is 2.91. The number of rotatable bonds is 9. The van der Waals surface area contributed by atoms with Crippen LogP contribution in [0.25, 0.3) is 0 Å². The lowest BCUT2D eigenvalue weighted by Crippen LogP contribution is -2.37. The first-order valence-electron chi connectivity index (χ1n) is 9.50. The second-order valence-electron chi connectivity index (χ2n) is 6.14. The summed E-state index contributed by atoms with van der Waals surface area (Å²) in [6.07, 6.45) is 1.62. The molecule has 0 aliphatic carbocycles. The van der Waals surface area contributed by atoms with Crippen molar-refractivity contribution in [2.45, 2.75) is 46.7 Å². The van der Waals surface area contributed by atoms with Gasteiger partial charge in [0.1, 0.15) is 5.76 Å². The lowest BCUT2D eigenvalue weighted by Gasteiger charge is -2.13. The number of aryl methyl sites for hydroxylation is 2. The van der Waals surface area contributed by atoms with Crippen molar-refractivity contribution >= 4 is 29.9 Å². The molecule has 0 spiro atoms. The third kappa shape index (κ3) is 6.41. The molecule has 1 aromatic carbocycles. The van der Waals surface area contributed by atoms with E-state index in [9.17, 15) is 5.11 Å². The maximum atomic E-state index is 10.0. The van der Waals surface area contributed by atoms with Crippen LogP contribution in [0.15, 0.2) is 21.6 Å². The Labute approximate surface area is 189 Å². The molecular formula is C20H31IN4O4. The molecule has 3 N–H and O–H groups in total. The average Bonchev–Trinajstić information content (AvgIpc) is 3.12. The van der Waals surface area contributed by atoms with Crippen LogP contribution >= 0.6 is 24.0 Å². The van der Waals surface area contributed by atoms with Crippen LogP contribution in [0.1, 0.15) is 43.4 Å². The lowest BCUT2D eigenvalue weighted by molar-refractivity contribution is 0.339. The summed E-state index contributed by atoms with van der Waals surface area (Å²) in [7, 11) is 3.01. The summed E-state index contributed by atoms with van der Waals surface area (Å²) in [5, 5.41) is 20.8. The van der Waals surface area contributed by atoms with Crippen LogP contribution in [-0.2, 0) is 25.9 Å². The van der Waals surface area contributed by atoms with Crippen LogP contribution in [0.4, 0.5) is 0 Å². The third-order valence-corrected chi connectivity index (χ3v) is 4.34. The minimum atomic E-state index is -0.0191. The Hall–Kier alpha value is -2.17. The molecule has 0 radical (unpaired) electrons. The van der Waals surface area contributed by atoms with E-state index >= 15 is 0 Å². The van der Waals surface area contributed by atoms with Crippen molar-refractivity contribution in [2.75, 3.05) is 20.8 Å². The first-order valence-corrected chi connectivity index (χ1v) is 9.50. The van der Waals surface area contributed by atoms with Crippen molar-refractivity contribution in [2.24, 2.45) is 4.99 Å². The van der Waals surface area contributed by atoms with E-state index in [0.29, 0.717) is 30.5 Å². The van der Waals surface area contributed by atoms with Gasteiger partial charge in [-0.05, 0) is 31.0 Å². The number of aromatic hydroxyl groups is 1. The molecule has 0 fully saturated rings. The standard InChI is InChI=1S/C20H30N4O4.HI/c1-6-15-14(16(7-2)28-24-15)12-23-20(21-8-3)22-11-13-9-17(26-4)19(25)18(10-13)27-5;/h9-10,25H,6-8,11-12H2,1-5H3,(H2,21,22,23);1H. The van der Waals surface area contributed by atoms with Crippen molar-refractivity contribution in [1.82, 2.24) is 15.8 Å². The molecule has 1 aromatic heterocycles. The molecule has 29 heavy (non-hydrogen) atoms. The fourth-order valence-corrected chi connectivity index (χ4v) is 2.86. The summed E-state index contributed by atoms with van der Waals surface area (Å²) in [6.45, 7) is 7.84. The zero-order valence-electron chi connectivity index (χ0n) is 17.7. The van der Waals surface area contributed by atoms with Crippen LogP contribution in [0, 0.1) is 0 Å². The number of hydrogen-bond acceptors (Lipinski definition) is 6. The predicted octanol–water partition coefficient (Wildman–Crippen LogP) is 3.40. The number of aromatic nitrogens is 1. The Balaban J connectivity index is 0.00000420. The highest BCUT2D eigenvalue weighted by atomic mass is 127. The average molecular weight is 518 g/mol. The minimum Gasteiger partial charge on any atom is -0.502 e. The van der Waals surface area contributed by atoms with E-state index in [1.165, 1.54) is 14.2 Å². The molecule has 0 atom stereocenters. The second kappa shape index (κ2) is 12.4. The van der Waals surface area contributed by atoms with E-state index in [4.69, 9.17) is 14.0 Å². The molecule has 9 heteroatoms. The van der Waals surface area contributed by atoms with Gasteiger partial charge in [0.15, 0.2) is 17.5 Å². The number of ether oxygens (including phenoxy) is 2. The van der Waals surface area contributed by atoms with Gasteiger partial charge in [-0.1, -0.05) is 19.0 Å². The molecule has 2 aromatic rings. The first kappa shape index (κ1) is 24.9. The number of methoxy groups -OCH3 is 2. The van der Waals surface area contributed by atoms with E-state index in [0.717, 1.165) is 42.0 Å². The van der Waals surface area contributed by atoms with Crippen LogP contribution in [0.5, 0.6) is 17.2 Å². The zero-order chi connectivity index (χ0) is 20.5. The molecule has 162 valence electrons. The monoisotopic (exact) mass is 518 g/mol. The van der Waals surface area contributed by atoms with Crippen molar-refractivity contribution in [3.05, 3.63) is 34.7 Å². The maximum Gasteiger partial charge on any atom is 0.200 e. The van der Waals surface area contributed by atoms with Gasteiger partial charge >= 0.3 is 0 Å².